The summed E-state index contributed by atoms with van der Waals surface area (Å²) >= 11 is 3.18. The Morgan fingerprint density at radius 1 is 1.31 bits per heavy atom. The van der Waals surface area contributed by atoms with Gasteiger partial charge in [-0.15, -0.1) is 0 Å². The third kappa shape index (κ3) is 4.85. The van der Waals surface area contributed by atoms with E-state index in [2.05, 4.69) is 20.9 Å². The van der Waals surface area contributed by atoms with Gasteiger partial charge in [-0.05, 0) is 34.8 Å². The molecule has 0 aliphatic carbocycles. The van der Waals surface area contributed by atoms with Crippen LogP contribution in [0, 0.1) is 0 Å². The molecule has 0 spiro atoms. The highest BCUT2D eigenvalue weighted by Crippen LogP contribution is 2.01. The van der Waals surface area contributed by atoms with Gasteiger partial charge in [0.15, 0.2) is 0 Å². The lowest BCUT2D eigenvalue weighted by molar-refractivity contribution is 0.198. The Kier molecular flexibility index (Phi) is 4.78. The predicted molar refractivity (Wildman–Crippen MR) is 54.8 cm³/mol. The monoisotopic (exact) mass is 245 g/mol. The van der Waals surface area contributed by atoms with Gasteiger partial charge in [0.05, 0.1) is 0 Å². The zero-order valence-electron chi connectivity index (χ0n) is 7.25. The molecule has 1 saturated heterocycles. The fourth-order valence-corrected chi connectivity index (χ4v) is 1.15. The molecule has 1 aromatic rings. The van der Waals surface area contributed by atoms with Crippen LogP contribution in [0.15, 0.2) is 27.6 Å². The third-order valence-electron chi connectivity index (χ3n) is 1.57. The zero-order chi connectivity index (χ0) is 9.52. The number of rotatable bonds is 0. The van der Waals surface area contributed by atoms with Gasteiger partial charge in [-0.1, -0.05) is 0 Å². The molecule has 2 heterocycles. The number of pyridine rings is 1. The number of hydrogen-bond donors (Lipinski definition) is 1. The number of aromatic nitrogens is 1. The van der Waals surface area contributed by atoms with Crippen molar-refractivity contribution in [3.8, 4) is 0 Å². The van der Waals surface area contributed by atoms with Crippen molar-refractivity contribution >= 4 is 15.9 Å². The van der Waals surface area contributed by atoms with Crippen LogP contribution in [0.2, 0.25) is 0 Å². The van der Waals surface area contributed by atoms with E-state index in [1.807, 2.05) is 0 Å². The lowest BCUT2D eigenvalue weighted by atomic mass is 10.4. The van der Waals surface area contributed by atoms with Crippen LogP contribution in [-0.4, -0.2) is 18.2 Å². The van der Waals surface area contributed by atoms with Crippen LogP contribution in [0.1, 0.15) is 12.8 Å². The first-order valence-corrected chi connectivity index (χ1v) is 5.00. The van der Waals surface area contributed by atoms with E-state index in [-0.39, 0.29) is 5.56 Å². The second-order valence-corrected chi connectivity index (χ2v) is 3.61. The van der Waals surface area contributed by atoms with E-state index >= 15 is 0 Å². The fourth-order valence-electron chi connectivity index (χ4n) is 0.902. The second kappa shape index (κ2) is 5.94. The van der Waals surface area contributed by atoms with Crippen LogP contribution in [0.3, 0.4) is 0 Å². The molecule has 2 rings (SSSR count). The summed E-state index contributed by atoms with van der Waals surface area (Å²) in [5, 5.41) is 0. The summed E-state index contributed by atoms with van der Waals surface area (Å²) in [6.07, 6.45) is 4.16. The predicted octanol–water partition coefficient (Wildman–Crippen LogP) is 1.93. The quantitative estimate of drug-likeness (QED) is 0.760. The van der Waals surface area contributed by atoms with Crippen LogP contribution in [0.4, 0.5) is 0 Å². The smallest absolute Gasteiger partial charge is 0.247 e. The first kappa shape index (κ1) is 10.5. The van der Waals surface area contributed by atoms with Crippen LogP contribution >= 0.6 is 15.9 Å². The van der Waals surface area contributed by atoms with Crippen molar-refractivity contribution in [2.24, 2.45) is 0 Å². The maximum atomic E-state index is 10.3. The Hall–Kier alpha value is -0.610. The highest BCUT2D eigenvalue weighted by atomic mass is 79.9. The number of H-pyrrole nitrogens is 1. The lowest BCUT2D eigenvalue weighted by Crippen LogP contribution is -1.99. The molecule has 0 amide bonds. The normalized spacial score (nSPS) is 14.8. The van der Waals surface area contributed by atoms with Gasteiger partial charge in [0, 0.05) is 29.9 Å². The molecule has 4 heteroatoms. The van der Waals surface area contributed by atoms with E-state index in [0.717, 1.165) is 17.7 Å². The first-order valence-electron chi connectivity index (χ1n) is 4.21. The van der Waals surface area contributed by atoms with Gasteiger partial charge in [-0.3, -0.25) is 4.79 Å². The lowest BCUT2D eigenvalue weighted by Gasteiger charge is -1.82. The van der Waals surface area contributed by atoms with Crippen LogP contribution < -0.4 is 5.56 Å². The third-order valence-corrected chi connectivity index (χ3v) is 2.07. The molecular formula is C9H12BrNO2. The molecule has 1 N–H and O–H groups in total. The average Bonchev–Trinajstić information content (AvgIpc) is 2.68. The summed E-state index contributed by atoms with van der Waals surface area (Å²) < 4.78 is 5.83. The Labute approximate surface area is 85.3 Å². The minimum atomic E-state index is -0.0757. The van der Waals surface area contributed by atoms with Gasteiger partial charge in [0.25, 0.3) is 0 Å². The van der Waals surface area contributed by atoms with Crippen molar-refractivity contribution in [2.75, 3.05) is 13.2 Å². The molecule has 1 aromatic heterocycles. The Bertz CT molecular complexity index is 266. The molecule has 1 aliphatic heterocycles. The van der Waals surface area contributed by atoms with Crippen molar-refractivity contribution in [2.45, 2.75) is 12.8 Å². The zero-order valence-corrected chi connectivity index (χ0v) is 8.84. The Balaban J connectivity index is 0.000000145. The largest absolute Gasteiger partial charge is 0.381 e. The summed E-state index contributed by atoms with van der Waals surface area (Å²) in [6, 6.07) is 3.16. The van der Waals surface area contributed by atoms with E-state index in [1.54, 1.807) is 12.3 Å². The van der Waals surface area contributed by atoms with E-state index in [1.165, 1.54) is 18.9 Å². The fraction of sp³-hybridized carbons (Fsp3) is 0.444. The van der Waals surface area contributed by atoms with Crippen molar-refractivity contribution < 1.29 is 4.74 Å². The summed E-state index contributed by atoms with van der Waals surface area (Å²) in [5.41, 5.74) is -0.0757. The molecule has 0 unspecified atom stereocenters. The van der Waals surface area contributed by atoms with E-state index in [0.29, 0.717) is 0 Å². The first-order chi connectivity index (χ1) is 6.29. The number of ether oxygens (including phenoxy) is 1. The minimum absolute atomic E-state index is 0.0757. The molecule has 3 nitrogen and oxygen atoms in total. The summed E-state index contributed by atoms with van der Waals surface area (Å²) in [6.45, 7) is 2.00. The van der Waals surface area contributed by atoms with Crippen LogP contribution in [0.5, 0.6) is 0 Å². The van der Waals surface area contributed by atoms with Crippen molar-refractivity contribution in [3.63, 3.8) is 0 Å². The van der Waals surface area contributed by atoms with Crippen molar-refractivity contribution in [3.05, 3.63) is 33.2 Å². The summed E-state index contributed by atoms with van der Waals surface area (Å²) in [7, 11) is 0. The Morgan fingerprint density at radius 3 is 2.31 bits per heavy atom. The molecule has 1 aliphatic rings. The molecule has 13 heavy (non-hydrogen) atoms. The molecular weight excluding hydrogens is 234 g/mol. The number of aromatic amines is 1. The second-order valence-electron chi connectivity index (χ2n) is 2.69. The summed E-state index contributed by atoms with van der Waals surface area (Å²) in [5.74, 6) is 0. The van der Waals surface area contributed by atoms with Gasteiger partial charge < -0.3 is 9.72 Å². The van der Waals surface area contributed by atoms with Gasteiger partial charge >= 0.3 is 0 Å². The summed E-state index contributed by atoms with van der Waals surface area (Å²) in [4.78, 5) is 12.8. The highest BCUT2D eigenvalue weighted by Gasteiger charge is 1.94. The maximum Gasteiger partial charge on any atom is 0.247 e. The van der Waals surface area contributed by atoms with Crippen LogP contribution in [0.25, 0.3) is 0 Å². The number of halogens is 1. The average molecular weight is 246 g/mol. The van der Waals surface area contributed by atoms with E-state index < -0.39 is 0 Å². The SMILES string of the molecule is C1CCOC1.O=c1ccc(Br)c[nH]1. The van der Waals surface area contributed by atoms with Crippen molar-refractivity contribution in [1.82, 2.24) is 4.98 Å². The van der Waals surface area contributed by atoms with Crippen molar-refractivity contribution in [1.29, 1.82) is 0 Å². The topological polar surface area (TPSA) is 42.1 Å². The molecule has 0 atom stereocenters. The number of nitrogens with one attached hydrogen (secondary N) is 1. The molecule has 0 saturated carbocycles. The van der Waals surface area contributed by atoms with Gasteiger partial charge in [-0.25, -0.2) is 0 Å². The maximum absolute atomic E-state index is 10.3. The van der Waals surface area contributed by atoms with Gasteiger partial charge in [0.2, 0.25) is 5.56 Å². The molecule has 1 fully saturated rings. The molecule has 72 valence electrons. The molecule has 0 aromatic carbocycles. The van der Waals surface area contributed by atoms with Gasteiger partial charge in [0.1, 0.15) is 0 Å². The molecule has 0 radical (unpaired) electrons. The highest BCUT2D eigenvalue weighted by molar-refractivity contribution is 9.10. The minimum Gasteiger partial charge on any atom is -0.381 e. The van der Waals surface area contributed by atoms with E-state index in [9.17, 15) is 4.79 Å². The Morgan fingerprint density at radius 2 is 2.00 bits per heavy atom. The standard InChI is InChI=1S/C5H4BrNO.C4H8O/c6-4-1-2-5(8)7-3-4;1-2-4-5-3-1/h1-3H,(H,7,8);1-4H2. The van der Waals surface area contributed by atoms with Crippen LogP contribution in [-0.2, 0) is 4.74 Å². The van der Waals surface area contributed by atoms with Gasteiger partial charge in [-0.2, -0.15) is 0 Å². The van der Waals surface area contributed by atoms with E-state index in [4.69, 9.17) is 4.74 Å². The number of hydrogen-bond acceptors (Lipinski definition) is 2. The molecule has 0 bridgehead atoms.